The smallest absolute Gasteiger partial charge is 0.461 e. The van der Waals surface area contributed by atoms with Crippen molar-refractivity contribution in [2.24, 2.45) is 0 Å². The van der Waals surface area contributed by atoms with Gasteiger partial charge in [-0.15, -0.1) is 0 Å². The first-order valence-electron chi connectivity index (χ1n) is 6.33. The van der Waals surface area contributed by atoms with Crippen LogP contribution in [0, 0.1) is 5.82 Å². The molecule has 3 rings (SSSR count). The summed E-state index contributed by atoms with van der Waals surface area (Å²) < 4.78 is 30.7. The third-order valence-corrected chi connectivity index (χ3v) is 4.11. The Balaban J connectivity index is 2.08. The molecule has 1 aliphatic heterocycles. The molecule has 0 N–H and O–H groups in total. The summed E-state index contributed by atoms with van der Waals surface area (Å²) in [6.07, 6.45) is 1.47. The first-order chi connectivity index (χ1) is 8.82. The van der Waals surface area contributed by atoms with Crippen molar-refractivity contribution in [3.63, 3.8) is 0 Å². The second-order valence-corrected chi connectivity index (χ2v) is 5.89. The topological polar surface area (TPSA) is 31.6 Å². The molecule has 3 nitrogen and oxygen atoms in total. The molecule has 0 aliphatic carbocycles. The van der Waals surface area contributed by atoms with Crippen molar-refractivity contribution >= 4 is 23.6 Å². The van der Waals surface area contributed by atoms with Crippen LogP contribution >= 0.6 is 0 Å². The molecule has 0 bridgehead atoms. The molecule has 1 aromatic carbocycles. The summed E-state index contributed by atoms with van der Waals surface area (Å²) in [6, 6.07) is 4.81. The van der Waals surface area contributed by atoms with Gasteiger partial charge >= 0.3 is 7.12 Å². The van der Waals surface area contributed by atoms with Crippen molar-refractivity contribution in [3.05, 3.63) is 30.3 Å². The fraction of sp³-hybridized carbons (Fsp3) is 0.429. The van der Waals surface area contributed by atoms with Crippen LogP contribution in [0.25, 0.3) is 11.0 Å². The van der Waals surface area contributed by atoms with Gasteiger partial charge in [-0.2, -0.15) is 0 Å². The average molecular weight is 262 g/mol. The van der Waals surface area contributed by atoms with Crippen LogP contribution < -0.4 is 5.46 Å². The van der Waals surface area contributed by atoms with Crippen LogP contribution in [0.2, 0.25) is 0 Å². The number of hydrogen-bond donors (Lipinski definition) is 0. The first-order valence-corrected chi connectivity index (χ1v) is 6.33. The lowest BCUT2D eigenvalue weighted by Gasteiger charge is -2.32. The summed E-state index contributed by atoms with van der Waals surface area (Å²) in [4.78, 5) is 0. The standard InChI is InChI=1S/C14H16BFO3/c1-13(2)14(3,4)19-15(18-13)10-5-6-11(16)12-9(10)7-8-17-12/h5-8H,1-4H3. The van der Waals surface area contributed by atoms with E-state index in [4.69, 9.17) is 13.7 Å². The fourth-order valence-corrected chi connectivity index (χ4v) is 2.23. The summed E-state index contributed by atoms with van der Waals surface area (Å²) in [5.74, 6) is -0.375. The van der Waals surface area contributed by atoms with Crippen molar-refractivity contribution in [1.82, 2.24) is 0 Å². The highest BCUT2D eigenvalue weighted by Crippen LogP contribution is 2.37. The molecule has 1 aromatic heterocycles. The lowest BCUT2D eigenvalue weighted by molar-refractivity contribution is 0.00578. The van der Waals surface area contributed by atoms with Gasteiger partial charge in [-0.25, -0.2) is 4.39 Å². The molecule has 1 saturated heterocycles. The van der Waals surface area contributed by atoms with E-state index in [1.54, 1.807) is 12.1 Å². The van der Waals surface area contributed by atoms with Crippen molar-refractivity contribution in [2.45, 2.75) is 38.9 Å². The van der Waals surface area contributed by atoms with Gasteiger partial charge in [-0.05, 0) is 45.3 Å². The Hall–Kier alpha value is -1.33. The molecule has 0 saturated carbocycles. The van der Waals surface area contributed by atoms with Gasteiger partial charge in [0.2, 0.25) is 0 Å². The number of halogens is 1. The molecular weight excluding hydrogens is 246 g/mol. The maximum absolute atomic E-state index is 13.6. The largest absolute Gasteiger partial charge is 0.495 e. The summed E-state index contributed by atoms with van der Waals surface area (Å²) in [5, 5.41) is 0.693. The van der Waals surface area contributed by atoms with Gasteiger partial charge in [0.15, 0.2) is 11.4 Å². The SMILES string of the molecule is CC1(C)OB(c2ccc(F)c3occc23)OC1(C)C. The molecule has 2 aromatic rings. The molecule has 0 atom stereocenters. The highest BCUT2D eigenvalue weighted by atomic mass is 19.1. The molecule has 0 amide bonds. The predicted octanol–water partition coefficient (Wildman–Crippen LogP) is 2.87. The van der Waals surface area contributed by atoms with Gasteiger partial charge in [0.05, 0.1) is 17.5 Å². The maximum Gasteiger partial charge on any atom is 0.495 e. The van der Waals surface area contributed by atoms with Crippen molar-refractivity contribution in [3.8, 4) is 0 Å². The van der Waals surface area contributed by atoms with Crippen molar-refractivity contribution < 1.29 is 18.1 Å². The summed E-state index contributed by atoms with van der Waals surface area (Å²) in [6.45, 7) is 7.96. The number of fused-ring (bicyclic) bond motifs is 1. The Kier molecular flexibility index (Phi) is 2.56. The zero-order valence-electron chi connectivity index (χ0n) is 11.5. The summed E-state index contributed by atoms with van der Waals surface area (Å²) >= 11 is 0. The normalized spacial score (nSPS) is 21.2. The van der Waals surface area contributed by atoms with Crippen molar-refractivity contribution in [1.29, 1.82) is 0 Å². The second-order valence-electron chi connectivity index (χ2n) is 5.89. The number of benzene rings is 1. The number of furan rings is 1. The van der Waals surface area contributed by atoms with E-state index in [2.05, 4.69) is 0 Å². The van der Waals surface area contributed by atoms with Gasteiger partial charge < -0.3 is 13.7 Å². The quantitative estimate of drug-likeness (QED) is 0.740. The second kappa shape index (κ2) is 3.84. The van der Waals surface area contributed by atoms with E-state index in [0.29, 0.717) is 5.39 Å². The minimum Gasteiger partial charge on any atom is -0.461 e. The van der Waals surface area contributed by atoms with Crippen LogP contribution in [0.4, 0.5) is 4.39 Å². The molecule has 5 heteroatoms. The maximum atomic E-state index is 13.6. The highest BCUT2D eigenvalue weighted by Gasteiger charge is 2.52. The molecule has 19 heavy (non-hydrogen) atoms. The van der Waals surface area contributed by atoms with Crippen LogP contribution in [0.15, 0.2) is 28.9 Å². The van der Waals surface area contributed by atoms with E-state index in [0.717, 1.165) is 5.46 Å². The Morgan fingerprint density at radius 2 is 1.63 bits per heavy atom. The minimum absolute atomic E-state index is 0.243. The van der Waals surface area contributed by atoms with Gasteiger partial charge in [0.25, 0.3) is 0 Å². The van der Waals surface area contributed by atoms with Crippen LogP contribution in [0.1, 0.15) is 27.7 Å². The predicted molar refractivity (Wildman–Crippen MR) is 71.9 cm³/mol. The summed E-state index contributed by atoms with van der Waals surface area (Å²) in [5.41, 5.74) is 0.209. The van der Waals surface area contributed by atoms with Gasteiger partial charge in [-0.1, -0.05) is 6.07 Å². The van der Waals surface area contributed by atoms with Crippen molar-refractivity contribution in [2.75, 3.05) is 0 Å². The third-order valence-electron chi connectivity index (χ3n) is 4.11. The van der Waals surface area contributed by atoms with E-state index in [1.165, 1.54) is 12.3 Å². The van der Waals surface area contributed by atoms with Gasteiger partial charge in [0.1, 0.15) is 0 Å². The Morgan fingerprint density at radius 1 is 1.00 bits per heavy atom. The Labute approximate surface area is 111 Å². The lowest BCUT2D eigenvalue weighted by atomic mass is 9.77. The number of rotatable bonds is 1. The molecule has 0 unspecified atom stereocenters. The van der Waals surface area contributed by atoms with E-state index in [-0.39, 0.29) is 11.4 Å². The van der Waals surface area contributed by atoms with E-state index in [9.17, 15) is 4.39 Å². The van der Waals surface area contributed by atoms with Crippen LogP contribution in [0.3, 0.4) is 0 Å². The molecule has 100 valence electrons. The zero-order chi connectivity index (χ0) is 13.8. The molecular formula is C14H16BFO3. The zero-order valence-corrected chi connectivity index (χ0v) is 11.5. The van der Waals surface area contributed by atoms with E-state index in [1.807, 2.05) is 27.7 Å². The monoisotopic (exact) mass is 262 g/mol. The Bertz CT molecular complexity index is 617. The van der Waals surface area contributed by atoms with Crippen LogP contribution in [0.5, 0.6) is 0 Å². The summed E-state index contributed by atoms with van der Waals surface area (Å²) in [7, 11) is -0.509. The van der Waals surface area contributed by atoms with Gasteiger partial charge in [0, 0.05) is 5.39 Å². The molecule has 1 aliphatic rings. The molecule has 1 fully saturated rings. The Morgan fingerprint density at radius 3 is 2.26 bits per heavy atom. The molecule has 2 heterocycles. The first kappa shape index (κ1) is 12.7. The van der Waals surface area contributed by atoms with Crippen LogP contribution in [-0.2, 0) is 9.31 Å². The average Bonchev–Trinajstić information content (AvgIpc) is 2.84. The minimum atomic E-state index is -0.509. The fourth-order valence-electron chi connectivity index (χ4n) is 2.23. The molecule has 0 spiro atoms. The third kappa shape index (κ3) is 1.80. The van der Waals surface area contributed by atoms with Gasteiger partial charge in [-0.3, -0.25) is 0 Å². The van der Waals surface area contributed by atoms with Crippen LogP contribution in [-0.4, -0.2) is 18.3 Å². The lowest BCUT2D eigenvalue weighted by Crippen LogP contribution is -2.41. The van der Waals surface area contributed by atoms with E-state index >= 15 is 0 Å². The highest BCUT2D eigenvalue weighted by molar-refractivity contribution is 6.65. The van der Waals surface area contributed by atoms with E-state index < -0.39 is 18.3 Å². The molecule has 0 radical (unpaired) electrons. The number of hydrogen-bond acceptors (Lipinski definition) is 3.